The molecule has 0 aliphatic carbocycles. The molecule has 2 atom stereocenters. The molecule has 0 aromatic heterocycles. The lowest BCUT2D eigenvalue weighted by atomic mass is 9.99. The zero-order valence-electron chi connectivity index (χ0n) is 16.1. The second kappa shape index (κ2) is 8.19. The number of ether oxygens (including phenoxy) is 3. The summed E-state index contributed by atoms with van der Waals surface area (Å²) < 4.78 is 16.0. The van der Waals surface area contributed by atoms with E-state index in [2.05, 4.69) is 11.4 Å². The molecule has 1 aromatic rings. The molecule has 9 heteroatoms. The van der Waals surface area contributed by atoms with E-state index in [1.807, 2.05) is 0 Å². The van der Waals surface area contributed by atoms with Gasteiger partial charge in [-0.1, -0.05) is 0 Å². The minimum Gasteiger partial charge on any atom is -0.493 e. The summed E-state index contributed by atoms with van der Waals surface area (Å²) in [6.07, 6.45) is 0.717. The summed E-state index contributed by atoms with van der Waals surface area (Å²) in [6.45, 7) is 0.234. The highest BCUT2D eigenvalue weighted by Crippen LogP contribution is 2.42. The fourth-order valence-corrected chi connectivity index (χ4v) is 4.74. The van der Waals surface area contributed by atoms with Gasteiger partial charge >= 0.3 is 0 Å². The molecule has 2 heterocycles. The number of nitrogens with one attached hydrogen (secondary N) is 1. The highest BCUT2D eigenvalue weighted by molar-refractivity contribution is 7.99. The summed E-state index contributed by atoms with van der Waals surface area (Å²) in [7, 11) is 4.52. The lowest BCUT2D eigenvalue weighted by Crippen LogP contribution is -2.50. The predicted octanol–water partition coefficient (Wildman–Crippen LogP) is 1.58. The van der Waals surface area contributed by atoms with Crippen LogP contribution in [-0.4, -0.2) is 56.7 Å². The summed E-state index contributed by atoms with van der Waals surface area (Å²) >= 11 is 1.65. The van der Waals surface area contributed by atoms with E-state index in [4.69, 9.17) is 14.2 Å². The average molecular weight is 405 g/mol. The molecule has 2 aliphatic rings. The molecule has 28 heavy (non-hydrogen) atoms. The van der Waals surface area contributed by atoms with Gasteiger partial charge in [0.2, 0.25) is 17.6 Å². The van der Waals surface area contributed by atoms with Crippen molar-refractivity contribution in [1.82, 2.24) is 5.32 Å². The van der Waals surface area contributed by atoms with E-state index in [1.165, 1.54) is 26.2 Å². The van der Waals surface area contributed by atoms with Crippen LogP contribution in [0.4, 0.5) is 5.69 Å². The number of amides is 2. The van der Waals surface area contributed by atoms with Crippen LogP contribution in [-0.2, 0) is 9.59 Å². The number of hydrogen-bond donors (Lipinski definition) is 1. The first-order valence-electron chi connectivity index (χ1n) is 8.88. The van der Waals surface area contributed by atoms with Gasteiger partial charge in [0.15, 0.2) is 11.5 Å². The number of nitriles is 1. The molecular formula is C19H23N3O5S. The van der Waals surface area contributed by atoms with Gasteiger partial charge in [0.25, 0.3) is 0 Å². The number of nitrogens with zero attached hydrogens (tertiary/aromatic N) is 2. The zero-order chi connectivity index (χ0) is 20.3. The molecule has 0 spiro atoms. The molecule has 1 N–H and O–H groups in total. The van der Waals surface area contributed by atoms with Crippen LogP contribution in [0.2, 0.25) is 0 Å². The van der Waals surface area contributed by atoms with Crippen LogP contribution in [0.5, 0.6) is 17.2 Å². The highest BCUT2D eigenvalue weighted by atomic mass is 32.2. The second-order valence-corrected chi connectivity index (χ2v) is 7.88. The smallest absolute Gasteiger partial charge is 0.227 e. The number of hydrogen-bond acceptors (Lipinski definition) is 7. The van der Waals surface area contributed by atoms with E-state index in [0.29, 0.717) is 35.1 Å². The number of carbonyl (C=O) groups excluding carboxylic acids is 2. The zero-order valence-corrected chi connectivity index (χ0v) is 16.9. The molecule has 2 unspecified atom stereocenters. The van der Waals surface area contributed by atoms with Gasteiger partial charge in [-0.15, -0.1) is 0 Å². The summed E-state index contributed by atoms with van der Waals surface area (Å²) in [6, 6.07) is 5.60. The third-order valence-electron chi connectivity index (χ3n) is 5.06. The van der Waals surface area contributed by atoms with E-state index in [-0.39, 0.29) is 24.8 Å². The van der Waals surface area contributed by atoms with Crippen LogP contribution < -0.4 is 24.4 Å². The van der Waals surface area contributed by atoms with Gasteiger partial charge in [-0.05, 0) is 12.2 Å². The number of anilines is 1. The second-order valence-electron chi connectivity index (χ2n) is 6.77. The highest BCUT2D eigenvalue weighted by Gasteiger charge is 2.41. The minimum atomic E-state index is -0.829. The Balaban J connectivity index is 1.79. The van der Waals surface area contributed by atoms with Crippen LogP contribution in [0.3, 0.4) is 0 Å². The first-order valence-corrected chi connectivity index (χ1v) is 10.0. The van der Waals surface area contributed by atoms with Gasteiger partial charge in [-0.2, -0.15) is 17.0 Å². The molecular weight excluding hydrogens is 382 g/mol. The molecule has 2 amide bonds. The third-order valence-corrected chi connectivity index (χ3v) is 6.24. The fourth-order valence-electron chi connectivity index (χ4n) is 3.47. The lowest BCUT2D eigenvalue weighted by Gasteiger charge is -2.24. The van der Waals surface area contributed by atoms with Crippen LogP contribution in [0.25, 0.3) is 0 Å². The SMILES string of the molecule is COc1cc(N2CC(C(=O)NC3(C#N)CCSC3)CC2=O)cc(OC)c1OC. The Bertz CT molecular complexity index is 791. The molecule has 1 aromatic carbocycles. The first-order chi connectivity index (χ1) is 13.5. The number of thioether (sulfide) groups is 1. The molecule has 0 bridgehead atoms. The molecule has 0 saturated carbocycles. The fraction of sp³-hybridized carbons (Fsp3) is 0.526. The molecule has 150 valence electrons. The maximum absolute atomic E-state index is 12.7. The Kier molecular flexibility index (Phi) is 5.89. The van der Waals surface area contributed by atoms with Gasteiger partial charge in [-0.25, -0.2) is 0 Å². The summed E-state index contributed by atoms with van der Waals surface area (Å²) in [5.74, 6) is 1.79. The molecule has 2 fully saturated rings. The van der Waals surface area contributed by atoms with Crippen molar-refractivity contribution in [3.8, 4) is 23.3 Å². The Hall–Kier alpha value is -2.60. The monoisotopic (exact) mass is 405 g/mol. The van der Waals surface area contributed by atoms with E-state index < -0.39 is 11.5 Å². The molecule has 2 saturated heterocycles. The van der Waals surface area contributed by atoms with Crippen molar-refractivity contribution in [2.45, 2.75) is 18.4 Å². The van der Waals surface area contributed by atoms with Gasteiger partial charge in [0, 0.05) is 30.9 Å². The van der Waals surface area contributed by atoms with Gasteiger partial charge < -0.3 is 24.4 Å². The van der Waals surface area contributed by atoms with Crippen LogP contribution in [0, 0.1) is 17.2 Å². The van der Waals surface area contributed by atoms with Crippen molar-refractivity contribution in [3.05, 3.63) is 12.1 Å². The minimum absolute atomic E-state index is 0.0944. The molecule has 2 aliphatic heterocycles. The van der Waals surface area contributed by atoms with Crippen molar-refractivity contribution in [2.75, 3.05) is 44.3 Å². The van der Waals surface area contributed by atoms with Crippen molar-refractivity contribution < 1.29 is 23.8 Å². The number of methoxy groups -OCH3 is 3. The van der Waals surface area contributed by atoms with Gasteiger partial charge in [-0.3, -0.25) is 9.59 Å². The van der Waals surface area contributed by atoms with E-state index in [1.54, 1.807) is 23.9 Å². The van der Waals surface area contributed by atoms with Crippen molar-refractivity contribution >= 4 is 29.3 Å². The van der Waals surface area contributed by atoms with E-state index in [9.17, 15) is 14.9 Å². The van der Waals surface area contributed by atoms with Crippen molar-refractivity contribution in [3.63, 3.8) is 0 Å². The number of carbonyl (C=O) groups is 2. The molecule has 8 nitrogen and oxygen atoms in total. The number of benzene rings is 1. The van der Waals surface area contributed by atoms with E-state index >= 15 is 0 Å². The average Bonchev–Trinajstić information content (AvgIpc) is 3.33. The molecule has 0 radical (unpaired) electrons. The first kappa shape index (κ1) is 20.1. The largest absolute Gasteiger partial charge is 0.493 e. The van der Waals surface area contributed by atoms with Crippen LogP contribution >= 0.6 is 11.8 Å². The van der Waals surface area contributed by atoms with Crippen molar-refractivity contribution in [1.29, 1.82) is 5.26 Å². The maximum Gasteiger partial charge on any atom is 0.227 e. The summed E-state index contributed by atoms with van der Waals surface area (Å²) in [5, 5.41) is 12.3. The normalized spacial score (nSPS) is 24.0. The number of rotatable bonds is 6. The lowest BCUT2D eigenvalue weighted by molar-refractivity contribution is -0.127. The molecule has 3 rings (SSSR count). The van der Waals surface area contributed by atoms with Crippen LogP contribution in [0.1, 0.15) is 12.8 Å². The van der Waals surface area contributed by atoms with Crippen LogP contribution in [0.15, 0.2) is 12.1 Å². The Morgan fingerprint density at radius 1 is 1.29 bits per heavy atom. The van der Waals surface area contributed by atoms with Gasteiger partial charge in [0.05, 0.1) is 39.0 Å². The Morgan fingerprint density at radius 3 is 2.46 bits per heavy atom. The standard InChI is InChI=1S/C19H23N3O5S/c1-25-14-7-13(8-15(26-2)17(14)27-3)22-9-12(6-16(22)23)18(24)21-19(10-20)4-5-28-11-19/h7-8,12H,4-6,9,11H2,1-3H3,(H,21,24). The topological polar surface area (TPSA) is 101 Å². The third kappa shape index (κ3) is 3.69. The van der Waals surface area contributed by atoms with Gasteiger partial charge in [0.1, 0.15) is 5.54 Å². The Morgan fingerprint density at radius 2 is 1.96 bits per heavy atom. The quantitative estimate of drug-likeness (QED) is 0.767. The predicted molar refractivity (Wildman–Crippen MR) is 105 cm³/mol. The van der Waals surface area contributed by atoms with E-state index in [0.717, 1.165) is 5.75 Å². The maximum atomic E-state index is 12.7. The summed E-state index contributed by atoms with van der Waals surface area (Å²) in [5.41, 5.74) is -0.258. The summed E-state index contributed by atoms with van der Waals surface area (Å²) in [4.78, 5) is 26.8. The Labute approximate surface area is 168 Å². The van der Waals surface area contributed by atoms with Crippen molar-refractivity contribution in [2.24, 2.45) is 5.92 Å².